The van der Waals surface area contributed by atoms with Crippen LogP contribution < -0.4 is 24.8 Å². The molecule has 0 aliphatic heterocycles. The van der Waals surface area contributed by atoms with E-state index in [1.165, 1.54) is 33.4 Å². The van der Waals surface area contributed by atoms with Crippen LogP contribution in [0, 0.1) is 12.2 Å². The van der Waals surface area contributed by atoms with Crippen molar-refractivity contribution in [2.24, 2.45) is 0 Å². The van der Waals surface area contributed by atoms with Crippen molar-refractivity contribution in [3.05, 3.63) is 45.6 Å². The number of hydrogen-bond acceptors (Lipinski definition) is 0. The molecule has 0 saturated heterocycles. The zero-order valence-corrected chi connectivity index (χ0v) is 16.5. The Labute approximate surface area is 149 Å². The summed E-state index contributed by atoms with van der Waals surface area (Å²) in [6.07, 6.45) is 8.63. The minimum absolute atomic E-state index is 0. The molecule has 2 rings (SSSR count). The summed E-state index contributed by atoms with van der Waals surface area (Å²) in [7, 11) is 0. The van der Waals surface area contributed by atoms with Crippen molar-refractivity contribution < 1.29 is 44.8 Å². The van der Waals surface area contributed by atoms with Crippen LogP contribution >= 0.6 is 0 Å². The van der Waals surface area contributed by atoms with Crippen LogP contribution in [0.15, 0.2) is 33.4 Å². The van der Waals surface area contributed by atoms with Crippen LogP contribution in [0.4, 0.5) is 0 Å². The van der Waals surface area contributed by atoms with Gasteiger partial charge in [0.2, 0.25) is 0 Å². The number of halogens is 2. The summed E-state index contributed by atoms with van der Waals surface area (Å²) in [4.78, 5) is 3.25. The van der Waals surface area contributed by atoms with E-state index in [1.807, 2.05) is 0 Å². The van der Waals surface area contributed by atoms with Gasteiger partial charge in [0, 0.05) is 0 Å². The summed E-state index contributed by atoms with van der Waals surface area (Å²) in [6.45, 7) is 12.9. The monoisotopic (exact) mass is 346 g/mol. The molecule has 0 nitrogen and oxygen atoms in total. The van der Waals surface area contributed by atoms with E-state index < -0.39 is 0 Å². The predicted molar refractivity (Wildman–Crippen MR) is 78.0 cm³/mol. The van der Waals surface area contributed by atoms with Gasteiger partial charge in [0.1, 0.15) is 0 Å². The van der Waals surface area contributed by atoms with Gasteiger partial charge in [0.25, 0.3) is 0 Å². The maximum Gasteiger partial charge on any atom is -1.00 e. The van der Waals surface area contributed by atoms with E-state index in [2.05, 4.69) is 58.5 Å². The Morgan fingerprint density at radius 3 is 1.00 bits per heavy atom. The number of allylic oxidation sites excluding steroid dienone is 8. The SMILES string of the molecule is CC1=[C-]CC(C)=C1C.CC1=[C-]CC(C)=C1C.[CH2]=[Ti+2].[Cl-].[Cl-]. The van der Waals surface area contributed by atoms with E-state index >= 15 is 0 Å². The predicted octanol–water partition coefficient (Wildman–Crippen LogP) is -1.07. The van der Waals surface area contributed by atoms with Gasteiger partial charge < -0.3 is 24.8 Å². The molecule has 0 aromatic carbocycles. The minimum Gasteiger partial charge on any atom is -1.00 e. The fourth-order valence-electron chi connectivity index (χ4n) is 1.70. The van der Waals surface area contributed by atoms with Gasteiger partial charge in [-0.3, -0.25) is 12.2 Å². The molecular weight excluding hydrogens is 323 g/mol. The molecule has 0 atom stereocenters. The quantitative estimate of drug-likeness (QED) is 0.387. The Morgan fingerprint density at radius 2 is 0.950 bits per heavy atom. The van der Waals surface area contributed by atoms with E-state index in [9.17, 15) is 0 Å². The van der Waals surface area contributed by atoms with Crippen LogP contribution in [0.5, 0.6) is 0 Å². The molecule has 0 bridgehead atoms. The fourth-order valence-corrected chi connectivity index (χ4v) is 1.70. The Morgan fingerprint density at radius 1 is 0.700 bits per heavy atom. The van der Waals surface area contributed by atoms with Gasteiger partial charge >= 0.3 is 24.8 Å². The summed E-state index contributed by atoms with van der Waals surface area (Å²) in [5.41, 5.74) is 8.49. The Hall–Kier alpha value is 0.124. The van der Waals surface area contributed by atoms with Gasteiger partial charge in [-0.15, -0.1) is 26.7 Å². The second-order valence-electron chi connectivity index (χ2n) is 4.77. The summed E-state index contributed by atoms with van der Waals surface area (Å²) in [5.74, 6) is 0. The smallest absolute Gasteiger partial charge is 1.00 e. The Kier molecular flexibility index (Phi) is 16.1. The molecule has 0 unspecified atom stereocenters. The first-order chi connectivity index (χ1) is 8.43. The van der Waals surface area contributed by atoms with Gasteiger partial charge in [-0.25, -0.2) is 11.1 Å². The molecule has 0 aromatic rings. The maximum atomic E-state index is 3.26. The molecule has 0 heterocycles. The third-order valence-electron chi connectivity index (χ3n) is 3.64. The van der Waals surface area contributed by atoms with E-state index in [4.69, 9.17) is 0 Å². The first kappa shape index (κ1) is 25.1. The molecule has 0 radical (unpaired) electrons. The van der Waals surface area contributed by atoms with Crippen molar-refractivity contribution in [3.8, 4) is 0 Å². The van der Waals surface area contributed by atoms with E-state index in [0.29, 0.717) is 0 Å². The van der Waals surface area contributed by atoms with Gasteiger partial charge in [0.05, 0.1) is 0 Å². The van der Waals surface area contributed by atoms with Crippen LogP contribution in [0.3, 0.4) is 0 Å². The molecule has 2 aliphatic carbocycles. The largest absolute Gasteiger partial charge is 1.00 e. The van der Waals surface area contributed by atoms with Crippen LogP contribution in [-0.2, 0) is 20.0 Å². The molecule has 0 N–H and O–H groups in total. The molecule has 0 aromatic heterocycles. The molecular formula is C17H24Cl2Ti-2. The van der Waals surface area contributed by atoms with Gasteiger partial charge in [-0.05, 0) is 0 Å². The summed E-state index contributed by atoms with van der Waals surface area (Å²) in [6, 6.07) is 0. The maximum absolute atomic E-state index is 3.26. The third kappa shape index (κ3) is 7.79. The second kappa shape index (κ2) is 12.8. The molecule has 0 fully saturated rings. The van der Waals surface area contributed by atoms with E-state index in [-0.39, 0.29) is 24.8 Å². The molecule has 0 spiro atoms. The van der Waals surface area contributed by atoms with Crippen LogP contribution in [0.25, 0.3) is 0 Å². The Bertz CT molecular complexity index is 375. The zero-order valence-electron chi connectivity index (χ0n) is 13.4. The van der Waals surface area contributed by atoms with Crippen LogP contribution in [0.2, 0.25) is 0 Å². The molecule has 0 saturated carbocycles. The molecule has 0 amide bonds. The van der Waals surface area contributed by atoms with Crippen molar-refractivity contribution in [3.63, 3.8) is 0 Å². The van der Waals surface area contributed by atoms with Crippen LogP contribution in [0.1, 0.15) is 54.4 Å². The average Bonchev–Trinajstić information content (AvgIpc) is 2.83. The van der Waals surface area contributed by atoms with Crippen molar-refractivity contribution in [1.29, 1.82) is 0 Å². The second-order valence-corrected chi connectivity index (χ2v) is 4.77. The Balaban J connectivity index is -0.000000236. The van der Waals surface area contributed by atoms with Crippen molar-refractivity contribution >= 4 is 4.82 Å². The molecule has 2 aliphatic rings. The number of hydrogen-bond donors (Lipinski definition) is 0. The van der Waals surface area contributed by atoms with Gasteiger partial charge in [0.15, 0.2) is 0 Å². The molecule has 112 valence electrons. The summed E-state index contributed by atoms with van der Waals surface area (Å²) < 4.78 is 0. The van der Waals surface area contributed by atoms with Gasteiger partial charge in [-0.1, -0.05) is 27.7 Å². The average molecular weight is 347 g/mol. The summed E-state index contributed by atoms with van der Waals surface area (Å²) in [5, 5.41) is 0. The van der Waals surface area contributed by atoms with Gasteiger partial charge in [-0.2, -0.15) is 22.3 Å². The summed E-state index contributed by atoms with van der Waals surface area (Å²) >= 11 is 1.75. The van der Waals surface area contributed by atoms with E-state index in [0.717, 1.165) is 12.8 Å². The minimum atomic E-state index is 0. The van der Waals surface area contributed by atoms with Crippen molar-refractivity contribution in [1.82, 2.24) is 0 Å². The first-order valence-electron chi connectivity index (χ1n) is 6.27. The molecule has 3 heteroatoms. The topological polar surface area (TPSA) is 0 Å². The molecule has 20 heavy (non-hydrogen) atoms. The van der Waals surface area contributed by atoms with Crippen molar-refractivity contribution in [2.75, 3.05) is 0 Å². The van der Waals surface area contributed by atoms with Crippen molar-refractivity contribution in [2.45, 2.75) is 54.4 Å². The zero-order chi connectivity index (χ0) is 14.3. The standard InChI is InChI=1S/2C8H11.CH2.2ClH.Ti/c2*1-6-4-5-7(2)8(6)3;;;;/h2*4H2,1-3H3;1H2;2*1H;/q2*-1;;;;+2/p-2. The normalized spacial score (nSPS) is 16.0. The van der Waals surface area contributed by atoms with E-state index in [1.54, 1.807) is 20.0 Å². The van der Waals surface area contributed by atoms with Crippen LogP contribution in [-0.4, -0.2) is 4.82 Å². The third-order valence-corrected chi connectivity index (χ3v) is 3.64. The first-order valence-corrected chi connectivity index (χ1v) is 7.37. The fraction of sp³-hybridized carbons (Fsp3) is 0.471. The number of rotatable bonds is 0.